The topological polar surface area (TPSA) is 106 Å². The van der Waals surface area contributed by atoms with Crippen LogP contribution in [0.25, 0.3) is 0 Å². The fourth-order valence-corrected chi connectivity index (χ4v) is 1.26. The number of carbonyl (C=O) groups is 2. The zero-order valence-electron chi connectivity index (χ0n) is 8.42. The number of carbonyl (C=O) groups excluding carboxylic acids is 1. The van der Waals surface area contributed by atoms with E-state index in [-0.39, 0.29) is 18.8 Å². The molecule has 0 radical (unpaired) electrons. The minimum absolute atomic E-state index is 0. The van der Waals surface area contributed by atoms with Crippen LogP contribution in [0.1, 0.15) is 15.9 Å². The molecule has 0 saturated heterocycles. The third-order valence-corrected chi connectivity index (χ3v) is 2.04. The molecule has 1 atom stereocenters. The van der Waals surface area contributed by atoms with Crippen LogP contribution in [0.4, 0.5) is 0 Å². The maximum atomic E-state index is 11.0. The molecule has 0 saturated carbocycles. The lowest BCUT2D eigenvalue weighted by Gasteiger charge is -2.09. The second-order valence-electron chi connectivity index (χ2n) is 3.17. The molecule has 0 aliphatic heterocycles. The molecule has 0 fully saturated rings. The molecule has 0 unspecified atom stereocenters. The number of rotatable bonds is 4. The van der Waals surface area contributed by atoms with Crippen molar-refractivity contribution in [1.82, 2.24) is 0 Å². The molecule has 1 amide bonds. The van der Waals surface area contributed by atoms with Crippen molar-refractivity contribution in [2.24, 2.45) is 11.5 Å². The van der Waals surface area contributed by atoms with Crippen LogP contribution in [0, 0.1) is 0 Å². The summed E-state index contributed by atoms with van der Waals surface area (Å²) in [5.74, 6) is -1.68. The first-order chi connectivity index (χ1) is 7.02. The second-order valence-corrected chi connectivity index (χ2v) is 3.17. The Kier molecular flexibility index (Phi) is 5.49. The molecule has 5 N–H and O–H groups in total. The lowest BCUT2D eigenvalue weighted by Crippen LogP contribution is -2.33. The largest absolute Gasteiger partial charge is 0.480 e. The van der Waals surface area contributed by atoms with Gasteiger partial charge in [0, 0.05) is 5.56 Å². The zero-order chi connectivity index (χ0) is 11.4. The molecule has 0 aliphatic rings. The monoisotopic (exact) mass is 244 g/mol. The Morgan fingerprint density at radius 3 is 2.38 bits per heavy atom. The van der Waals surface area contributed by atoms with Gasteiger partial charge >= 0.3 is 5.97 Å². The van der Waals surface area contributed by atoms with Crippen LogP contribution in [0.3, 0.4) is 0 Å². The first-order valence-electron chi connectivity index (χ1n) is 4.38. The highest BCUT2D eigenvalue weighted by molar-refractivity contribution is 5.94. The molecule has 6 heteroatoms. The van der Waals surface area contributed by atoms with E-state index in [9.17, 15) is 9.59 Å². The summed E-state index contributed by atoms with van der Waals surface area (Å²) in [7, 11) is 0. The van der Waals surface area contributed by atoms with E-state index in [0.717, 1.165) is 0 Å². The van der Waals surface area contributed by atoms with Crippen LogP contribution in [0.5, 0.6) is 0 Å². The summed E-state index contributed by atoms with van der Waals surface area (Å²) < 4.78 is 0. The van der Waals surface area contributed by atoms with Gasteiger partial charge in [-0.05, 0) is 18.1 Å². The first-order valence-corrected chi connectivity index (χ1v) is 4.38. The molecular weight excluding hydrogens is 232 g/mol. The molecule has 1 aromatic rings. The van der Waals surface area contributed by atoms with Crippen molar-refractivity contribution >= 4 is 24.3 Å². The maximum absolute atomic E-state index is 11.0. The Balaban J connectivity index is 0.00000225. The number of hydrogen-bond donors (Lipinski definition) is 3. The van der Waals surface area contributed by atoms with E-state index in [0.29, 0.717) is 11.1 Å². The van der Waals surface area contributed by atoms with Gasteiger partial charge in [0.05, 0.1) is 0 Å². The number of amides is 1. The summed E-state index contributed by atoms with van der Waals surface area (Å²) in [4.78, 5) is 21.6. The quantitative estimate of drug-likeness (QED) is 0.701. The van der Waals surface area contributed by atoms with E-state index < -0.39 is 17.9 Å². The smallest absolute Gasteiger partial charge is 0.320 e. The van der Waals surface area contributed by atoms with Crippen LogP contribution in [-0.4, -0.2) is 23.0 Å². The average Bonchev–Trinajstić information content (AvgIpc) is 2.18. The van der Waals surface area contributed by atoms with Crippen molar-refractivity contribution in [2.45, 2.75) is 12.5 Å². The number of hydrogen-bond acceptors (Lipinski definition) is 3. The summed E-state index contributed by atoms with van der Waals surface area (Å²) in [6.45, 7) is 0. The van der Waals surface area contributed by atoms with Crippen LogP contribution >= 0.6 is 12.4 Å². The molecule has 1 rings (SSSR count). The predicted molar refractivity (Wildman–Crippen MR) is 61.5 cm³/mol. The van der Waals surface area contributed by atoms with Gasteiger partial charge in [-0.15, -0.1) is 12.4 Å². The number of carboxylic acid groups (broad SMARTS) is 1. The van der Waals surface area contributed by atoms with Crippen LogP contribution < -0.4 is 11.5 Å². The van der Waals surface area contributed by atoms with Gasteiger partial charge in [-0.2, -0.15) is 0 Å². The van der Waals surface area contributed by atoms with Crippen molar-refractivity contribution in [2.75, 3.05) is 0 Å². The van der Waals surface area contributed by atoms with E-state index >= 15 is 0 Å². The Morgan fingerprint density at radius 2 is 1.88 bits per heavy atom. The predicted octanol–water partition coefficient (Wildman–Crippen LogP) is 0.162. The molecule has 5 nitrogen and oxygen atoms in total. The average molecular weight is 245 g/mol. The van der Waals surface area contributed by atoms with E-state index in [1.807, 2.05) is 0 Å². The molecule has 0 aliphatic carbocycles. The summed E-state index contributed by atoms with van der Waals surface area (Å²) in [6.07, 6.45) is 0.0917. The van der Waals surface area contributed by atoms with Gasteiger partial charge in [-0.25, -0.2) is 0 Å². The molecule has 0 aromatic heterocycles. The lowest BCUT2D eigenvalue weighted by molar-refractivity contribution is -0.138. The van der Waals surface area contributed by atoms with Gasteiger partial charge in [-0.3, -0.25) is 9.59 Å². The second kappa shape index (κ2) is 6.09. The van der Waals surface area contributed by atoms with Crippen LogP contribution in [-0.2, 0) is 11.2 Å². The van der Waals surface area contributed by atoms with E-state index in [4.69, 9.17) is 16.6 Å². The first kappa shape index (κ1) is 14.4. The third-order valence-electron chi connectivity index (χ3n) is 2.04. The molecule has 88 valence electrons. The fraction of sp³-hybridized carbons (Fsp3) is 0.200. The molecule has 1 aromatic carbocycles. The number of benzene rings is 1. The van der Waals surface area contributed by atoms with Gasteiger partial charge < -0.3 is 16.6 Å². The van der Waals surface area contributed by atoms with Gasteiger partial charge in [0.1, 0.15) is 6.04 Å². The molecule has 0 spiro atoms. The molecule has 16 heavy (non-hydrogen) atoms. The highest BCUT2D eigenvalue weighted by Crippen LogP contribution is 2.10. The van der Waals surface area contributed by atoms with Crippen molar-refractivity contribution in [3.63, 3.8) is 0 Å². The summed E-state index contributed by atoms with van der Waals surface area (Å²) in [5, 5.41) is 8.63. The minimum Gasteiger partial charge on any atom is -0.480 e. The van der Waals surface area contributed by atoms with Crippen molar-refractivity contribution < 1.29 is 14.7 Å². The SMILES string of the molecule is Cl.NC(=O)c1ccccc1C[C@H](N)C(=O)O. The van der Waals surface area contributed by atoms with Crippen molar-refractivity contribution in [3.05, 3.63) is 35.4 Å². The lowest BCUT2D eigenvalue weighted by atomic mass is 10.0. The van der Waals surface area contributed by atoms with Gasteiger partial charge in [-0.1, -0.05) is 18.2 Å². The fourth-order valence-electron chi connectivity index (χ4n) is 1.26. The Hall–Kier alpha value is -1.59. The Labute approximate surface area is 98.8 Å². The van der Waals surface area contributed by atoms with E-state index in [1.165, 1.54) is 0 Å². The van der Waals surface area contributed by atoms with Gasteiger partial charge in [0.15, 0.2) is 0 Å². The number of carboxylic acids is 1. The molecule has 0 heterocycles. The number of aliphatic carboxylic acids is 1. The van der Waals surface area contributed by atoms with Crippen molar-refractivity contribution in [3.8, 4) is 0 Å². The van der Waals surface area contributed by atoms with Crippen molar-refractivity contribution in [1.29, 1.82) is 0 Å². The third kappa shape index (κ3) is 3.52. The number of nitrogens with two attached hydrogens (primary N) is 2. The van der Waals surface area contributed by atoms with E-state index in [2.05, 4.69) is 0 Å². The molecule has 0 bridgehead atoms. The van der Waals surface area contributed by atoms with Gasteiger partial charge in [0.25, 0.3) is 0 Å². The normalized spacial score (nSPS) is 11.3. The highest BCUT2D eigenvalue weighted by atomic mass is 35.5. The standard InChI is InChI=1S/C10H12N2O3.ClH/c11-8(10(14)15)5-6-3-1-2-4-7(6)9(12)13;/h1-4,8H,5,11H2,(H2,12,13)(H,14,15);1H/t8-;/m0./s1. The Morgan fingerprint density at radius 1 is 1.31 bits per heavy atom. The summed E-state index contributed by atoms with van der Waals surface area (Å²) in [6, 6.07) is 5.53. The summed E-state index contributed by atoms with van der Waals surface area (Å²) in [5.41, 5.74) is 11.4. The van der Waals surface area contributed by atoms with Crippen LogP contribution in [0.2, 0.25) is 0 Å². The minimum atomic E-state index is -1.10. The zero-order valence-corrected chi connectivity index (χ0v) is 9.24. The molecular formula is C10H13ClN2O3. The summed E-state index contributed by atoms with van der Waals surface area (Å²) >= 11 is 0. The highest BCUT2D eigenvalue weighted by Gasteiger charge is 2.15. The van der Waals surface area contributed by atoms with Crippen LogP contribution in [0.15, 0.2) is 24.3 Å². The Bertz CT molecular complexity index is 395. The number of halogens is 1. The number of primary amides is 1. The van der Waals surface area contributed by atoms with Gasteiger partial charge in [0.2, 0.25) is 5.91 Å². The van der Waals surface area contributed by atoms with E-state index in [1.54, 1.807) is 24.3 Å². The maximum Gasteiger partial charge on any atom is 0.320 e.